The van der Waals surface area contributed by atoms with Crippen molar-refractivity contribution in [3.05, 3.63) is 33.3 Å². The molecule has 0 aliphatic carbocycles. The van der Waals surface area contributed by atoms with Crippen molar-refractivity contribution in [2.75, 3.05) is 13.7 Å². The first-order valence-corrected chi connectivity index (χ1v) is 9.12. The Kier molecular flexibility index (Phi) is 5.14. The largest absolute Gasteiger partial charge is 0.384 e. The smallest absolute Gasteiger partial charge is 0.109 e. The molecule has 1 aliphatic rings. The van der Waals surface area contributed by atoms with Gasteiger partial charge in [0.25, 0.3) is 0 Å². The summed E-state index contributed by atoms with van der Waals surface area (Å²) in [6.45, 7) is 8.17. The van der Waals surface area contributed by atoms with Crippen LogP contribution < -0.4 is 5.32 Å². The molecule has 1 N–H and O–H groups in total. The molecule has 2 aromatic heterocycles. The third kappa shape index (κ3) is 3.82. The molecule has 0 spiro atoms. The van der Waals surface area contributed by atoms with Gasteiger partial charge in [0.15, 0.2) is 0 Å². The van der Waals surface area contributed by atoms with Crippen LogP contribution in [-0.4, -0.2) is 34.3 Å². The quantitative estimate of drug-likeness (QED) is 0.882. The van der Waals surface area contributed by atoms with Gasteiger partial charge in [0, 0.05) is 49.7 Å². The van der Waals surface area contributed by atoms with E-state index in [1.165, 1.54) is 15.7 Å². The lowest BCUT2D eigenvalue weighted by molar-refractivity contribution is 0.202. The number of imidazole rings is 1. The monoisotopic (exact) mass is 334 g/mol. The minimum absolute atomic E-state index is 0.333. The predicted molar refractivity (Wildman–Crippen MR) is 93.1 cm³/mol. The Morgan fingerprint density at radius 3 is 3.04 bits per heavy atom. The number of nitrogens with zero attached hydrogens (tertiary/aromatic N) is 3. The van der Waals surface area contributed by atoms with Crippen molar-refractivity contribution in [2.24, 2.45) is 0 Å². The molecule has 126 valence electrons. The second kappa shape index (κ2) is 7.11. The van der Waals surface area contributed by atoms with Crippen LogP contribution in [0.2, 0.25) is 0 Å². The second-order valence-corrected chi connectivity index (χ2v) is 7.49. The first-order chi connectivity index (χ1) is 11.1. The lowest BCUT2D eigenvalue weighted by Crippen LogP contribution is -2.38. The zero-order valence-electron chi connectivity index (χ0n) is 14.4. The number of fused-ring (bicyclic) bond motifs is 1. The first kappa shape index (κ1) is 16.6. The molecular weight excluding hydrogens is 308 g/mol. The summed E-state index contributed by atoms with van der Waals surface area (Å²) in [6, 6.07) is 0.829. The molecule has 23 heavy (non-hydrogen) atoms. The third-order valence-electron chi connectivity index (χ3n) is 4.39. The summed E-state index contributed by atoms with van der Waals surface area (Å²) >= 11 is 1.81. The van der Waals surface area contributed by atoms with Gasteiger partial charge in [-0.1, -0.05) is 0 Å². The zero-order chi connectivity index (χ0) is 16.4. The first-order valence-electron chi connectivity index (χ1n) is 8.30. The van der Waals surface area contributed by atoms with Crippen LogP contribution in [-0.2, 0) is 24.1 Å². The average Bonchev–Trinajstić information content (AvgIpc) is 3.06. The highest BCUT2D eigenvalue weighted by Gasteiger charge is 2.23. The van der Waals surface area contributed by atoms with Crippen LogP contribution in [0.15, 0.2) is 6.20 Å². The number of nitrogens with one attached hydrogen (secondary N) is 1. The molecule has 0 radical (unpaired) electrons. The Morgan fingerprint density at radius 1 is 1.43 bits per heavy atom. The van der Waals surface area contributed by atoms with Gasteiger partial charge in [-0.2, -0.15) is 0 Å². The Balaban J connectivity index is 1.63. The molecule has 0 saturated carbocycles. The van der Waals surface area contributed by atoms with Crippen LogP contribution in [0.4, 0.5) is 0 Å². The lowest BCUT2D eigenvalue weighted by atomic mass is 10.1. The van der Waals surface area contributed by atoms with Crippen molar-refractivity contribution in [1.29, 1.82) is 0 Å². The van der Waals surface area contributed by atoms with E-state index in [9.17, 15) is 0 Å². The summed E-state index contributed by atoms with van der Waals surface area (Å²) in [5, 5.41) is 4.96. The van der Waals surface area contributed by atoms with E-state index >= 15 is 0 Å². The molecule has 0 bridgehead atoms. The van der Waals surface area contributed by atoms with Crippen molar-refractivity contribution >= 4 is 11.3 Å². The number of rotatable bonds is 6. The number of hydrogen-bond acceptors (Lipinski definition) is 5. The standard InChI is InChI=1S/C17H26N4OS/c1-11-9-21-10-14(5-6-15(21)18-11)19-12(2)17-13(3)20-16(23-17)7-8-22-4/h9,12,14,19H,5-8,10H2,1-4H3/t12-,14+/m1/s1. The topological polar surface area (TPSA) is 52.0 Å². The molecule has 0 fully saturated rings. The minimum atomic E-state index is 0.333. The van der Waals surface area contributed by atoms with Gasteiger partial charge in [0.2, 0.25) is 0 Å². The number of methoxy groups -OCH3 is 1. The summed E-state index contributed by atoms with van der Waals surface area (Å²) in [6.07, 6.45) is 5.26. The summed E-state index contributed by atoms with van der Waals surface area (Å²) in [7, 11) is 1.74. The molecule has 6 heteroatoms. The summed E-state index contributed by atoms with van der Waals surface area (Å²) in [5.41, 5.74) is 2.27. The Hall–Kier alpha value is -1.24. The van der Waals surface area contributed by atoms with Crippen LogP contribution in [0.1, 0.15) is 46.5 Å². The molecular formula is C17H26N4OS. The van der Waals surface area contributed by atoms with Crippen molar-refractivity contribution < 1.29 is 4.74 Å². The lowest BCUT2D eigenvalue weighted by Gasteiger charge is -2.27. The molecule has 1 aliphatic heterocycles. The van der Waals surface area contributed by atoms with E-state index in [0.29, 0.717) is 12.1 Å². The maximum Gasteiger partial charge on any atom is 0.109 e. The van der Waals surface area contributed by atoms with E-state index in [1.807, 2.05) is 11.3 Å². The average molecular weight is 334 g/mol. The highest BCUT2D eigenvalue weighted by atomic mass is 32.1. The van der Waals surface area contributed by atoms with Gasteiger partial charge in [-0.25, -0.2) is 9.97 Å². The van der Waals surface area contributed by atoms with Crippen LogP contribution >= 0.6 is 11.3 Å². The van der Waals surface area contributed by atoms with E-state index in [2.05, 4.69) is 46.8 Å². The van der Waals surface area contributed by atoms with E-state index in [0.717, 1.165) is 43.8 Å². The van der Waals surface area contributed by atoms with E-state index in [1.54, 1.807) is 7.11 Å². The number of aromatic nitrogens is 3. The molecule has 0 amide bonds. The van der Waals surface area contributed by atoms with Crippen LogP contribution in [0.25, 0.3) is 0 Å². The molecule has 0 unspecified atom stereocenters. The normalized spacial score (nSPS) is 18.9. The summed E-state index contributed by atoms with van der Waals surface area (Å²) < 4.78 is 7.45. The van der Waals surface area contributed by atoms with Crippen LogP contribution in [0.5, 0.6) is 0 Å². The van der Waals surface area contributed by atoms with Gasteiger partial charge in [-0.3, -0.25) is 0 Å². The zero-order valence-corrected chi connectivity index (χ0v) is 15.2. The Labute approximate surface area is 142 Å². The number of aryl methyl sites for hydroxylation is 3. The van der Waals surface area contributed by atoms with Gasteiger partial charge in [0.05, 0.1) is 23.0 Å². The van der Waals surface area contributed by atoms with Crippen molar-refractivity contribution in [2.45, 2.75) is 58.7 Å². The SMILES string of the molecule is COCCc1nc(C)c([C@@H](C)N[C@H]2CCc3nc(C)cn3C2)s1. The number of ether oxygens (including phenoxy) is 1. The molecule has 3 rings (SSSR count). The van der Waals surface area contributed by atoms with E-state index in [-0.39, 0.29) is 0 Å². The maximum absolute atomic E-state index is 5.15. The Bertz CT molecular complexity index is 664. The molecule has 2 aromatic rings. The summed E-state index contributed by atoms with van der Waals surface area (Å²) in [5.74, 6) is 1.23. The second-order valence-electron chi connectivity index (χ2n) is 6.37. The molecule has 2 atom stereocenters. The predicted octanol–water partition coefficient (Wildman–Crippen LogP) is 2.81. The third-order valence-corrected chi connectivity index (χ3v) is 5.79. The van der Waals surface area contributed by atoms with Crippen molar-refractivity contribution in [3.8, 4) is 0 Å². The number of thiazole rings is 1. The van der Waals surface area contributed by atoms with Gasteiger partial charge in [-0.15, -0.1) is 11.3 Å². The molecule has 5 nitrogen and oxygen atoms in total. The summed E-state index contributed by atoms with van der Waals surface area (Å²) in [4.78, 5) is 10.6. The fraction of sp³-hybridized carbons (Fsp3) is 0.647. The molecule has 0 saturated heterocycles. The van der Waals surface area contributed by atoms with Crippen LogP contribution in [0, 0.1) is 13.8 Å². The van der Waals surface area contributed by atoms with Crippen molar-refractivity contribution in [1.82, 2.24) is 19.9 Å². The molecule has 0 aromatic carbocycles. The van der Waals surface area contributed by atoms with E-state index < -0.39 is 0 Å². The molecule has 3 heterocycles. The fourth-order valence-electron chi connectivity index (χ4n) is 3.32. The van der Waals surface area contributed by atoms with Gasteiger partial charge in [-0.05, 0) is 27.2 Å². The van der Waals surface area contributed by atoms with Crippen molar-refractivity contribution in [3.63, 3.8) is 0 Å². The maximum atomic E-state index is 5.15. The minimum Gasteiger partial charge on any atom is -0.384 e. The Morgan fingerprint density at radius 2 is 2.26 bits per heavy atom. The highest BCUT2D eigenvalue weighted by molar-refractivity contribution is 7.11. The van der Waals surface area contributed by atoms with E-state index in [4.69, 9.17) is 4.74 Å². The number of hydrogen-bond donors (Lipinski definition) is 1. The van der Waals surface area contributed by atoms with Crippen LogP contribution in [0.3, 0.4) is 0 Å². The van der Waals surface area contributed by atoms with Gasteiger partial charge >= 0.3 is 0 Å². The van der Waals surface area contributed by atoms with Gasteiger partial charge in [0.1, 0.15) is 5.82 Å². The fourth-order valence-corrected chi connectivity index (χ4v) is 4.38. The van der Waals surface area contributed by atoms with Gasteiger partial charge < -0.3 is 14.6 Å². The highest BCUT2D eigenvalue weighted by Crippen LogP contribution is 2.27.